The molecule has 2 aromatic rings. The van der Waals surface area contributed by atoms with Crippen LogP contribution in [-0.4, -0.2) is 11.7 Å². The van der Waals surface area contributed by atoms with Crippen LogP contribution in [0.3, 0.4) is 0 Å². The molecular formula is C14H14FNO. The molecule has 0 heterocycles. The molecule has 2 rings (SSSR count). The lowest BCUT2D eigenvalue weighted by Crippen LogP contribution is -2.14. The van der Waals surface area contributed by atoms with E-state index in [-0.39, 0.29) is 18.5 Å². The fourth-order valence-corrected chi connectivity index (χ4v) is 1.67. The lowest BCUT2D eigenvalue weighted by Gasteiger charge is -2.09. The number of benzene rings is 2. The molecule has 0 unspecified atom stereocenters. The van der Waals surface area contributed by atoms with Crippen molar-refractivity contribution in [2.24, 2.45) is 5.73 Å². The molecule has 0 radical (unpaired) electrons. The van der Waals surface area contributed by atoms with E-state index < -0.39 is 0 Å². The minimum absolute atomic E-state index is 0.0735. The maximum Gasteiger partial charge on any atom is 0.123 e. The fourth-order valence-electron chi connectivity index (χ4n) is 1.67. The molecule has 17 heavy (non-hydrogen) atoms. The molecule has 0 amide bonds. The molecular weight excluding hydrogens is 217 g/mol. The number of halogens is 1. The topological polar surface area (TPSA) is 46.2 Å². The van der Waals surface area contributed by atoms with Gasteiger partial charge in [-0.25, -0.2) is 4.39 Å². The van der Waals surface area contributed by atoms with Gasteiger partial charge in [-0.05, 0) is 28.8 Å². The molecule has 1 atom stereocenters. The van der Waals surface area contributed by atoms with Crippen LogP contribution in [0.5, 0.6) is 0 Å². The van der Waals surface area contributed by atoms with Crippen molar-refractivity contribution in [3.63, 3.8) is 0 Å². The second-order valence-electron chi connectivity index (χ2n) is 3.92. The first-order chi connectivity index (χ1) is 8.20. The van der Waals surface area contributed by atoms with E-state index >= 15 is 0 Å². The summed E-state index contributed by atoms with van der Waals surface area (Å²) in [7, 11) is 0. The van der Waals surface area contributed by atoms with Crippen molar-refractivity contribution in [1.29, 1.82) is 0 Å². The van der Waals surface area contributed by atoms with Gasteiger partial charge in [0.1, 0.15) is 5.82 Å². The first-order valence-electron chi connectivity index (χ1n) is 5.43. The molecule has 0 saturated heterocycles. The van der Waals surface area contributed by atoms with Gasteiger partial charge >= 0.3 is 0 Å². The van der Waals surface area contributed by atoms with E-state index in [4.69, 9.17) is 10.8 Å². The predicted molar refractivity (Wildman–Crippen MR) is 65.9 cm³/mol. The molecule has 0 bridgehead atoms. The largest absolute Gasteiger partial charge is 0.394 e. The summed E-state index contributed by atoms with van der Waals surface area (Å²) in [6, 6.07) is 13.6. The standard InChI is InChI=1S/C14H14FNO/c15-13-7-5-11(6-8-13)10-1-3-12(4-2-10)14(16)9-17/h1-8,14,17H,9,16H2/t14-/m0/s1. The summed E-state index contributed by atoms with van der Waals surface area (Å²) in [5, 5.41) is 8.94. The van der Waals surface area contributed by atoms with Crippen molar-refractivity contribution in [2.45, 2.75) is 6.04 Å². The quantitative estimate of drug-likeness (QED) is 0.852. The smallest absolute Gasteiger partial charge is 0.123 e. The van der Waals surface area contributed by atoms with Crippen molar-refractivity contribution in [3.05, 3.63) is 59.9 Å². The van der Waals surface area contributed by atoms with Gasteiger partial charge in [-0.2, -0.15) is 0 Å². The number of rotatable bonds is 3. The van der Waals surface area contributed by atoms with Crippen LogP contribution in [0.15, 0.2) is 48.5 Å². The Kier molecular flexibility index (Phi) is 3.52. The Bertz CT molecular complexity index is 479. The monoisotopic (exact) mass is 231 g/mol. The summed E-state index contributed by atoms with van der Waals surface area (Å²) >= 11 is 0. The third kappa shape index (κ3) is 2.70. The molecule has 0 saturated carbocycles. The van der Waals surface area contributed by atoms with Gasteiger partial charge in [0.2, 0.25) is 0 Å². The molecule has 3 heteroatoms. The maximum absolute atomic E-state index is 12.8. The molecule has 0 aliphatic rings. The summed E-state index contributed by atoms with van der Waals surface area (Å²) < 4.78 is 12.8. The second-order valence-corrected chi connectivity index (χ2v) is 3.92. The Labute approximate surface area is 99.5 Å². The summed E-state index contributed by atoms with van der Waals surface area (Å²) in [5.74, 6) is -0.243. The van der Waals surface area contributed by atoms with E-state index in [1.165, 1.54) is 12.1 Å². The van der Waals surface area contributed by atoms with Crippen molar-refractivity contribution < 1.29 is 9.50 Å². The van der Waals surface area contributed by atoms with E-state index in [1.54, 1.807) is 12.1 Å². The average molecular weight is 231 g/mol. The second kappa shape index (κ2) is 5.08. The van der Waals surface area contributed by atoms with Gasteiger partial charge in [0.05, 0.1) is 12.6 Å². The Balaban J connectivity index is 2.26. The zero-order chi connectivity index (χ0) is 12.3. The van der Waals surface area contributed by atoms with E-state index in [0.29, 0.717) is 0 Å². The summed E-state index contributed by atoms with van der Waals surface area (Å²) in [6.45, 7) is -0.0735. The Morgan fingerprint density at radius 2 is 1.41 bits per heavy atom. The number of aliphatic hydroxyl groups excluding tert-OH is 1. The minimum Gasteiger partial charge on any atom is -0.394 e. The van der Waals surface area contributed by atoms with Crippen LogP contribution in [0.2, 0.25) is 0 Å². The zero-order valence-corrected chi connectivity index (χ0v) is 9.31. The van der Waals surface area contributed by atoms with Gasteiger partial charge in [0.25, 0.3) is 0 Å². The van der Waals surface area contributed by atoms with Crippen LogP contribution >= 0.6 is 0 Å². The van der Waals surface area contributed by atoms with Crippen molar-refractivity contribution in [2.75, 3.05) is 6.61 Å². The SMILES string of the molecule is N[C@@H](CO)c1ccc(-c2ccc(F)cc2)cc1. The van der Waals surface area contributed by atoms with Crippen LogP contribution in [0.25, 0.3) is 11.1 Å². The van der Waals surface area contributed by atoms with Crippen molar-refractivity contribution >= 4 is 0 Å². The highest BCUT2D eigenvalue weighted by Gasteiger charge is 2.04. The van der Waals surface area contributed by atoms with E-state index in [9.17, 15) is 4.39 Å². The highest BCUT2D eigenvalue weighted by atomic mass is 19.1. The van der Waals surface area contributed by atoms with E-state index in [0.717, 1.165) is 16.7 Å². The van der Waals surface area contributed by atoms with E-state index in [1.807, 2.05) is 24.3 Å². The number of hydrogen-bond acceptors (Lipinski definition) is 2. The van der Waals surface area contributed by atoms with Gasteiger partial charge < -0.3 is 10.8 Å². The molecule has 2 nitrogen and oxygen atoms in total. The predicted octanol–water partition coefficient (Wildman–Crippen LogP) is 2.48. The average Bonchev–Trinajstić information content (AvgIpc) is 2.39. The summed E-state index contributed by atoms with van der Waals surface area (Å²) in [6.07, 6.45) is 0. The van der Waals surface area contributed by atoms with Gasteiger partial charge in [-0.15, -0.1) is 0 Å². The number of nitrogens with two attached hydrogens (primary N) is 1. The lowest BCUT2D eigenvalue weighted by atomic mass is 10.0. The Hall–Kier alpha value is -1.71. The minimum atomic E-state index is -0.350. The normalized spacial score (nSPS) is 12.4. The first kappa shape index (κ1) is 11.8. The highest BCUT2D eigenvalue weighted by Crippen LogP contribution is 2.21. The first-order valence-corrected chi connectivity index (χ1v) is 5.43. The molecule has 3 N–H and O–H groups in total. The van der Waals surface area contributed by atoms with Crippen LogP contribution in [0, 0.1) is 5.82 Å². The lowest BCUT2D eigenvalue weighted by molar-refractivity contribution is 0.268. The van der Waals surface area contributed by atoms with Gasteiger partial charge in [0.15, 0.2) is 0 Å². The third-order valence-corrected chi connectivity index (χ3v) is 2.71. The summed E-state index contributed by atoms with van der Waals surface area (Å²) in [4.78, 5) is 0. The van der Waals surface area contributed by atoms with Gasteiger partial charge in [-0.1, -0.05) is 36.4 Å². The Morgan fingerprint density at radius 1 is 0.941 bits per heavy atom. The van der Waals surface area contributed by atoms with Crippen LogP contribution in [-0.2, 0) is 0 Å². The molecule has 0 aromatic heterocycles. The fraction of sp³-hybridized carbons (Fsp3) is 0.143. The molecule has 0 spiro atoms. The van der Waals surface area contributed by atoms with Crippen LogP contribution < -0.4 is 5.73 Å². The molecule has 0 fully saturated rings. The third-order valence-electron chi connectivity index (χ3n) is 2.71. The Morgan fingerprint density at radius 3 is 1.88 bits per heavy atom. The summed E-state index contributed by atoms with van der Waals surface area (Å²) in [5.41, 5.74) is 8.54. The van der Waals surface area contributed by atoms with Crippen LogP contribution in [0.1, 0.15) is 11.6 Å². The molecule has 88 valence electrons. The number of aliphatic hydroxyl groups is 1. The zero-order valence-electron chi connectivity index (χ0n) is 9.31. The van der Waals surface area contributed by atoms with Crippen molar-refractivity contribution in [1.82, 2.24) is 0 Å². The number of hydrogen-bond donors (Lipinski definition) is 2. The van der Waals surface area contributed by atoms with E-state index in [2.05, 4.69) is 0 Å². The van der Waals surface area contributed by atoms with Gasteiger partial charge in [0, 0.05) is 0 Å². The highest BCUT2D eigenvalue weighted by molar-refractivity contribution is 5.63. The molecule has 0 aliphatic heterocycles. The molecule has 2 aromatic carbocycles. The van der Waals surface area contributed by atoms with Crippen molar-refractivity contribution in [3.8, 4) is 11.1 Å². The van der Waals surface area contributed by atoms with Crippen LogP contribution in [0.4, 0.5) is 4.39 Å². The van der Waals surface area contributed by atoms with Gasteiger partial charge in [-0.3, -0.25) is 0 Å². The maximum atomic E-state index is 12.8. The molecule has 0 aliphatic carbocycles.